The van der Waals surface area contributed by atoms with Crippen molar-refractivity contribution in [3.8, 4) is 5.75 Å². The van der Waals surface area contributed by atoms with Crippen LogP contribution in [0.2, 0.25) is 0 Å². The molecule has 6 heteroatoms. The molecule has 0 aromatic heterocycles. The Labute approximate surface area is 193 Å². The largest absolute Gasteiger partial charge is 0.487 e. The lowest BCUT2D eigenvalue weighted by molar-refractivity contribution is 0.0693. The Kier molecular flexibility index (Phi) is 8.19. The number of amides is 1. The van der Waals surface area contributed by atoms with Gasteiger partial charge >= 0.3 is 5.97 Å². The summed E-state index contributed by atoms with van der Waals surface area (Å²) < 4.78 is 19.3. The average molecular weight is 450 g/mol. The molecule has 5 nitrogen and oxygen atoms in total. The Morgan fingerprint density at radius 3 is 2.33 bits per heavy atom. The number of carboxylic acid groups (broad SMARTS) is 1. The zero-order valence-electron chi connectivity index (χ0n) is 18.7. The van der Waals surface area contributed by atoms with Gasteiger partial charge in [-0.25, -0.2) is 9.18 Å². The summed E-state index contributed by atoms with van der Waals surface area (Å²) in [6, 6.07) is 13.2. The molecule has 2 aromatic carbocycles. The first-order valence-electron chi connectivity index (χ1n) is 10.8. The summed E-state index contributed by atoms with van der Waals surface area (Å²) in [7, 11) is 0. The van der Waals surface area contributed by atoms with Crippen molar-refractivity contribution in [3.63, 3.8) is 0 Å². The van der Waals surface area contributed by atoms with E-state index in [4.69, 9.17) is 9.84 Å². The van der Waals surface area contributed by atoms with E-state index in [-0.39, 0.29) is 18.1 Å². The van der Waals surface area contributed by atoms with Gasteiger partial charge in [0.1, 0.15) is 18.2 Å². The van der Waals surface area contributed by atoms with Gasteiger partial charge in [-0.05, 0) is 73.7 Å². The molecule has 0 spiro atoms. The van der Waals surface area contributed by atoms with Crippen LogP contribution in [0.25, 0.3) is 0 Å². The molecule has 33 heavy (non-hydrogen) atoms. The number of carboxylic acids is 1. The first kappa shape index (κ1) is 24.0. The maximum absolute atomic E-state index is 13.8. The molecule has 1 amide bonds. The number of hydrogen-bond acceptors (Lipinski definition) is 3. The highest BCUT2D eigenvalue weighted by atomic mass is 19.1. The summed E-state index contributed by atoms with van der Waals surface area (Å²) in [5.41, 5.74) is 2.43. The minimum Gasteiger partial charge on any atom is -0.487 e. The first-order valence-corrected chi connectivity index (χ1v) is 10.8. The number of nitrogens with zero attached hydrogens (tertiary/aromatic N) is 1. The summed E-state index contributed by atoms with van der Waals surface area (Å²) in [5.74, 6) is -0.530. The predicted molar refractivity (Wildman–Crippen MR) is 126 cm³/mol. The molecular weight excluding hydrogens is 421 g/mol. The predicted octanol–water partition coefficient (Wildman–Crippen LogP) is 5.80. The van der Waals surface area contributed by atoms with Crippen LogP contribution in [-0.4, -0.2) is 35.0 Å². The van der Waals surface area contributed by atoms with Crippen LogP contribution in [0.5, 0.6) is 5.75 Å². The molecular formula is C27H28FNO4. The van der Waals surface area contributed by atoms with Crippen molar-refractivity contribution in [2.75, 3.05) is 13.2 Å². The average Bonchev–Trinajstić information content (AvgIpc) is 3.61. The van der Waals surface area contributed by atoms with Crippen molar-refractivity contribution in [1.29, 1.82) is 0 Å². The highest BCUT2D eigenvalue weighted by molar-refractivity contribution is 5.94. The monoisotopic (exact) mass is 449 g/mol. The van der Waals surface area contributed by atoms with E-state index in [2.05, 4.69) is 6.58 Å². The number of benzene rings is 2. The van der Waals surface area contributed by atoms with E-state index < -0.39 is 11.8 Å². The third-order valence-electron chi connectivity index (χ3n) is 5.17. The van der Waals surface area contributed by atoms with Crippen LogP contribution >= 0.6 is 0 Å². The SMILES string of the molecule is C=C(C)/C=C\C=C(\F)COc1ccc(C(=O)N(Cc2ccc(C(=O)O)cc2)CC2CC2)cc1. The highest BCUT2D eigenvalue weighted by Gasteiger charge is 2.27. The van der Waals surface area contributed by atoms with Gasteiger partial charge in [0.25, 0.3) is 5.91 Å². The smallest absolute Gasteiger partial charge is 0.335 e. The Hall–Kier alpha value is -3.67. The zero-order chi connectivity index (χ0) is 23.8. The van der Waals surface area contributed by atoms with Crippen LogP contribution in [0.1, 0.15) is 46.0 Å². The van der Waals surface area contributed by atoms with E-state index in [1.54, 1.807) is 65.6 Å². The summed E-state index contributed by atoms with van der Waals surface area (Å²) >= 11 is 0. The summed E-state index contributed by atoms with van der Waals surface area (Å²) in [6.45, 7) is 6.39. The molecule has 0 atom stereocenters. The number of carbonyl (C=O) groups excluding carboxylic acids is 1. The second-order valence-corrected chi connectivity index (χ2v) is 8.26. The molecule has 0 radical (unpaired) electrons. The van der Waals surface area contributed by atoms with Crippen LogP contribution in [-0.2, 0) is 6.54 Å². The van der Waals surface area contributed by atoms with Gasteiger partial charge in [0.05, 0.1) is 5.56 Å². The molecule has 1 saturated carbocycles. The van der Waals surface area contributed by atoms with Gasteiger partial charge in [-0.3, -0.25) is 4.79 Å². The van der Waals surface area contributed by atoms with E-state index in [9.17, 15) is 14.0 Å². The van der Waals surface area contributed by atoms with Crippen LogP contribution in [0, 0.1) is 5.92 Å². The number of aromatic carboxylic acids is 1. The van der Waals surface area contributed by atoms with Crippen molar-refractivity contribution in [2.45, 2.75) is 26.3 Å². The molecule has 0 saturated heterocycles. The van der Waals surface area contributed by atoms with Gasteiger partial charge in [0.15, 0.2) is 0 Å². The van der Waals surface area contributed by atoms with E-state index in [1.807, 2.05) is 6.92 Å². The van der Waals surface area contributed by atoms with E-state index in [1.165, 1.54) is 6.08 Å². The van der Waals surface area contributed by atoms with Crippen molar-refractivity contribution in [1.82, 2.24) is 4.90 Å². The molecule has 3 rings (SSSR count). The first-order chi connectivity index (χ1) is 15.8. The molecule has 2 aromatic rings. The van der Waals surface area contributed by atoms with Gasteiger partial charge in [-0.2, -0.15) is 0 Å². The molecule has 0 bridgehead atoms. The molecule has 1 aliphatic rings. The minimum absolute atomic E-state index is 0.105. The fourth-order valence-corrected chi connectivity index (χ4v) is 3.20. The third kappa shape index (κ3) is 7.75. The van der Waals surface area contributed by atoms with E-state index in [0.29, 0.717) is 30.3 Å². The standard InChI is InChI=1S/C27H28FNO4/c1-19(2)4-3-5-24(28)18-33-25-14-12-22(13-15-25)26(30)29(16-20-6-7-20)17-21-8-10-23(11-9-21)27(31)32/h3-5,8-15,20H,1,6-7,16-18H2,2H3,(H,31,32)/b4-3-,24-5+. The van der Waals surface area contributed by atoms with Crippen LogP contribution in [0.15, 0.2) is 84.7 Å². The Morgan fingerprint density at radius 2 is 1.76 bits per heavy atom. The lowest BCUT2D eigenvalue weighted by Crippen LogP contribution is -2.32. The minimum atomic E-state index is -0.978. The van der Waals surface area contributed by atoms with Crippen molar-refractivity contribution < 1.29 is 23.8 Å². The molecule has 1 N–H and O–H groups in total. The Morgan fingerprint density at radius 1 is 1.12 bits per heavy atom. The molecule has 0 unspecified atom stereocenters. The van der Waals surface area contributed by atoms with E-state index in [0.717, 1.165) is 24.0 Å². The topological polar surface area (TPSA) is 66.8 Å². The quantitative estimate of drug-likeness (QED) is 0.440. The fourth-order valence-electron chi connectivity index (χ4n) is 3.20. The molecule has 1 fully saturated rings. The second-order valence-electron chi connectivity index (χ2n) is 8.26. The number of halogens is 1. The van der Waals surface area contributed by atoms with Crippen LogP contribution in [0.3, 0.4) is 0 Å². The number of ether oxygens (including phenoxy) is 1. The van der Waals surface area contributed by atoms with Crippen molar-refractivity contribution in [3.05, 3.63) is 101 Å². The Balaban J connectivity index is 1.62. The summed E-state index contributed by atoms with van der Waals surface area (Å²) in [6.07, 6.45) is 6.82. The lowest BCUT2D eigenvalue weighted by Gasteiger charge is -2.23. The molecule has 1 aliphatic carbocycles. The molecule has 0 heterocycles. The van der Waals surface area contributed by atoms with Crippen molar-refractivity contribution >= 4 is 11.9 Å². The number of rotatable bonds is 11. The summed E-state index contributed by atoms with van der Waals surface area (Å²) in [5, 5.41) is 9.07. The summed E-state index contributed by atoms with van der Waals surface area (Å²) in [4.78, 5) is 26.0. The fraction of sp³-hybridized carbons (Fsp3) is 0.259. The maximum Gasteiger partial charge on any atom is 0.335 e. The maximum atomic E-state index is 13.8. The zero-order valence-corrected chi connectivity index (χ0v) is 18.7. The van der Waals surface area contributed by atoms with E-state index >= 15 is 0 Å². The third-order valence-corrected chi connectivity index (χ3v) is 5.17. The van der Waals surface area contributed by atoms with Crippen LogP contribution < -0.4 is 4.74 Å². The van der Waals surface area contributed by atoms with Gasteiger partial charge in [0, 0.05) is 18.7 Å². The number of carbonyl (C=O) groups is 2. The molecule has 172 valence electrons. The highest BCUT2D eigenvalue weighted by Crippen LogP contribution is 2.31. The second kappa shape index (κ2) is 11.3. The van der Waals surface area contributed by atoms with Gasteiger partial charge < -0.3 is 14.7 Å². The van der Waals surface area contributed by atoms with Crippen LogP contribution in [0.4, 0.5) is 4.39 Å². The molecule has 0 aliphatic heterocycles. The lowest BCUT2D eigenvalue weighted by atomic mass is 10.1. The van der Waals surface area contributed by atoms with Gasteiger partial charge in [-0.1, -0.05) is 36.4 Å². The van der Waals surface area contributed by atoms with Crippen molar-refractivity contribution in [2.24, 2.45) is 5.92 Å². The van der Waals surface area contributed by atoms with Gasteiger partial charge in [-0.15, -0.1) is 0 Å². The number of allylic oxidation sites excluding steroid dienone is 4. The van der Waals surface area contributed by atoms with Gasteiger partial charge in [0.2, 0.25) is 0 Å². The Bertz CT molecular complexity index is 1050. The normalized spacial score (nSPS) is 13.7. The number of hydrogen-bond donors (Lipinski definition) is 1.